The third-order valence-corrected chi connectivity index (χ3v) is 7.83. The molecular weight excluding hydrogens is 464 g/mol. The summed E-state index contributed by atoms with van der Waals surface area (Å²) in [5.74, 6) is -1.59. The molecule has 3 aromatic rings. The summed E-state index contributed by atoms with van der Waals surface area (Å²) in [6.45, 7) is 5.71. The summed E-state index contributed by atoms with van der Waals surface area (Å²) in [5, 5.41) is 6.83. The third-order valence-electron chi connectivity index (χ3n) is 5.47. The largest absolute Gasteiger partial charge is 0.344 e. The van der Waals surface area contributed by atoms with Gasteiger partial charge in [0, 0.05) is 16.7 Å². The number of carbonyl (C=O) groups is 4. The molecule has 0 aliphatic carbocycles. The number of aromatic nitrogens is 2. The third kappa shape index (κ3) is 4.38. The molecule has 172 valence electrons. The lowest BCUT2D eigenvalue weighted by Gasteiger charge is -2.24. The highest BCUT2D eigenvalue weighted by molar-refractivity contribution is 7.15. The van der Waals surface area contributed by atoms with Crippen molar-refractivity contribution in [3.05, 3.63) is 48.3 Å². The summed E-state index contributed by atoms with van der Waals surface area (Å²) >= 11 is 2.55. The minimum absolute atomic E-state index is 0.0511. The zero-order valence-corrected chi connectivity index (χ0v) is 19.9. The number of piperidine rings is 1. The molecule has 11 heteroatoms. The van der Waals surface area contributed by atoms with Crippen molar-refractivity contribution >= 4 is 57.1 Å². The van der Waals surface area contributed by atoms with Crippen molar-refractivity contribution in [2.45, 2.75) is 52.1 Å². The van der Waals surface area contributed by atoms with Gasteiger partial charge < -0.3 is 5.32 Å². The lowest BCUT2D eigenvalue weighted by molar-refractivity contribution is -0.135. The van der Waals surface area contributed by atoms with Crippen LogP contribution >= 0.6 is 22.7 Å². The molecule has 4 heterocycles. The molecule has 0 aromatic carbocycles. The minimum atomic E-state index is -0.797. The summed E-state index contributed by atoms with van der Waals surface area (Å²) < 4.78 is 1.31. The van der Waals surface area contributed by atoms with E-state index in [1.165, 1.54) is 27.2 Å². The predicted octanol–water partition coefficient (Wildman–Crippen LogP) is 2.43. The molecule has 1 atom stereocenters. The Bertz CT molecular complexity index is 1350. The Morgan fingerprint density at radius 2 is 2.03 bits per heavy atom. The Morgan fingerprint density at radius 1 is 1.27 bits per heavy atom. The molecule has 1 aliphatic heterocycles. The van der Waals surface area contributed by atoms with E-state index in [1.807, 2.05) is 19.9 Å². The average Bonchev–Trinajstić information content (AvgIpc) is 3.40. The molecule has 0 radical (unpaired) electrons. The number of Topliss-reactive ketones (excluding diaryl/α,β-unsaturated/α-hetero) is 1. The van der Waals surface area contributed by atoms with Crippen LogP contribution in [0.1, 0.15) is 63.9 Å². The van der Waals surface area contributed by atoms with Crippen LogP contribution in [0.2, 0.25) is 0 Å². The molecule has 3 amide bonds. The lowest BCUT2D eigenvalue weighted by atomic mass is 10.1. The number of carbonyl (C=O) groups excluding carboxylic acids is 4. The molecule has 3 aromatic heterocycles. The molecule has 9 nitrogen and oxygen atoms in total. The highest BCUT2D eigenvalue weighted by Crippen LogP contribution is 2.26. The first-order valence-electron chi connectivity index (χ1n) is 10.4. The van der Waals surface area contributed by atoms with E-state index in [9.17, 15) is 24.0 Å². The van der Waals surface area contributed by atoms with Crippen molar-refractivity contribution < 1.29 is 19.2 Å². The number of ketones is 1. The van der Waals surface area contributed by atoms with Crippen molar-refractivity contribution in [1.29, 1.82) is 0 Å². The van der Waals surface area contributed by atoms with Crippen LogP contribution in [0, 0.1) is 6.92 Å². The topological polar surface area (TPSA) is 127 Å². The van der Waals surface area contributed by atoms with E-state index < -0.39 is 23.6 Å². The molecule has 0 bridgehead atoms. The monoisotopic (exact) mass is 486 g/mol. The van der Waals surface area contributed by atoms with Crippen LogP contribution in [0.15, 0.2) is 22.3 Å². The quantitative estimate of drug-likeness (QED) is 0.313. The van der Waals surface area contributed by atoms with E-state index in [4.69, 9.17) is 0 Å². The van der Waals surface area contributed by atoms with Gasteiger partial charge in [-0.15, -0.1) is 22.7 Å². The fourth-order valence-electron chi connectivity index (χ4n) is 3.72. The number of hydrogen-bond acceptors (Lipinski definition) is 8. The number of thiophene rings is 2. The van der Waals surface area contributed by atoms with Gasteiger partial charge in [-0.25, -0.2) is 4.98 Å². The summed E-state index contributed by atoms with van der Waals surface area (Å²) in [5.41, 5.74) is 0.0497. The molecule has 4 rings (SSSR count). The van der Waals surface area contributed by atoms with Gasteiger partial charge >= 0.3 is 0 Å². The Labute approximate surface area is 196 Å². The number of nitrogens with zero attached hydrogens (tertiary/aromatic N) is 2. The van der Waals surface area contributed by atoms with Crippen molar-refractivity contribution in [3.63, 3.8) is 0 Å². The zero-order valence-electron chi connectivity index (χ0n) is 18.3. The van der Waals surface area contributed by atoms with Gasteiger partial charge in [0.15, 0.2) is 0 Å². The summed E-state index contributed by atoms with van der Waals surface area (Å²) in [6, 6.07) is 2.71. The molecule has 1 saturated heterocycles. The second-order valence-corrected chi connectivity index (χ2v) is 10.2. The number of nitrogens with one attached hydrogen (secondary N) is 2. The lowest BCUT2D eigenvalue weighted by Crippen LogP contribution is -2.45. The van der Waals surface area contributed by atoms with Crippen molar-refractivity contribution in [1.82, 2.24) is 20.2 Å². The molecule has 1 aliphatic rings. The van der Waals surface area contributed by atoms with E-state index in [2.05, 4.69) is 15.6 Å². The number of rotatable bonds is 6. The van der Waals surface area contributed by atoms with Gasteiger partial charge in [-0.2, -0.15) is 0 Å². The number of amides is 3. The molecule has 2 N–H and O–H groups in total. The fourth-order valence-corrected chi connectivity index (χ4v) is 5.56. The van der Waals surface area contributed by atoms with E-state index >= 15 is 0 Å². The number of hydrogen-bond donors (Lipinski definition) is 2. The highest BCUT2D eigenvalue weighted by atomic mass is 32.1. The normalized spacial score (nSPS) is 16.3. The number of imide groups is 1. The smallest absolute Gasteiger partial charge is 0.293 e. The molecule has 33 heavy (non-hydrogen) atoms. The summed E-state index contributed by atoms with van der Waals surface area (Å²) in [6.07, 6.45) is 0.382. The highest BCUT2D eigenvalue weighted by Gasteiger charge is 2.31. The Morgan fingerprint density at radius 3 is 2.70 bits per heavy atom. The SMILES string of the molecule is Cc1nc2c(CNC(=O)C(=O)c3ccc(C(C)C)s3)scc2c(=O)n1C1CCC(=O)NC1=O. The standard InChI is InChI=1S/C22H22N4O5S2/c1-10(2)14-5-6-15(33-14)19(28)21(30)23-8-16-18-12(9-32-16)22(31)26(11(3)24-18)13-4-7-17(27)25-20(13)29/h5-6,9-10,13H,4,7-8H2,1-3H3,(H,23,30)(H,25,27,29). The average molecular weight is 487 g/mol. The minimum Gasteiger partial charge on any atom is -0.344 e. The van der Waals surface area contributed by atoms with Crippen LogP contribution in [-0.2, 0) is 20.9 Å². The van der Waals surface area contributed by atoms with Gasteiger partial charge in [-0.3, -0.25) is 33.9 Å². The second-order valence-electron chi connectivity index (χ2n) is 8.09. The summed E-state index contributed by atoms with van der Waals surface area (Å²) in [4.78, 5) is 68.2. The Balaban J connectivity index is 1.54. The first-order valence-corrected chi connectivity index (χ1v) is 12.1. The first kappa shape index (κ1) is 23.0. The Hall–Kier alpha value is -3.18. The van der Waals surface area contributed by atoms with Gasteiger partial charge in [0.05, 0.1) is 27.2 Å². The first-order chi connectivity index (χ1) is 15.7. The summed E-state index contributed by atoms with van der Waals surface area (Å²) in [7, 11) is 0. The van der Waals surface area contributed by atoms with Gasteiger partial charge in [0.1, 0.15) is 11.9 Å². The maximum atomic E-state index is 13.1. The molecule has 0 spiro atoms. The van der Waals surface area contributed by atoms with Crippen LogP contribution in [0.5, 0.6) is 0 Å². The maximum absolute atomic E-state index is 13.1. The van der Waals surface area contributed by atoms with E-state index in [0.717, 1.165) is 4.88 Å². The van der Waals surface area contributed by atoms with Crippen LogP contribution in [0.4, 0.5) is 0 Å². The van der Waals surface area contributed by atoms with E-state index in [-0.39, 0.29) is 36.8 Å². The number of aryl methyl sites for hydroxylation is 1. The van der Waals surface area contributed by atoms with E-state index in [0.29, 0.717) is 26.5 Å². The van der Waals surface area contributed by atoms with Crippen LogP contribution in [0.3, 0.4) is 0 Å². The van der Waals surface area contributed by atoms with E-state index in [1.54, 1.807) is 18.4 Å². The van der Waals surface area contributed by atoms with Gasteiger partial charge in [0.2, 0.25) is 11.8 Å². The molecule has 1 fully saturated rings. The van der Waals surface area contributed by atoms with Crippen molar-refractivity contribution in [2.75, 3.05) is 0 Å². The molecular formula is C22H22N4O5S2. The molecule has 0 saturated carbocycles. The van der Waals surface area contributed by atoms with Gasteiger partial charge in [-0.05, 0) is 31.4 Å². The van der Waals surface area contributed by atoms with Gasteiger partial charge in [-0.1, -0.05) is 13.8 Å². The van der Waals surface area contributed by atoms with Crippen LogP contribution < -0.4 is 16.2 Å². The number of fused-ring (bicyclic) bond motifs is 1. The second kappa shape index (κ2) is 8.99. The van der Waals surface area contributed by atoms with Crippen molar-refractivity contribution in [2.24, 2.45) is 0 Å². The maximum Gasteiger partial charge on any atom is 0.293 e. The van der Waals surface area contributed by atoms with Crippen LogP contribution in [0.25, 0.3) is 10.9 Å². The Kier molecular flexibility index (Phi) is 6.26. The zero-order chi connectivity index (χ0) is 23.9. The van der Waals surface area contributed by atoms with Crippen molar-refractivity contribution in [3.8, 4) is 0 Å². The fraction of sp³-hybridized carbons (Fsp3) is 0.364. The van der Waals surface area contributed by atoms with Crippen LogP contribution in [-0.4, -0.2) is 33.1 Å². The van der Waals surface area contributed by atoms with Gasteiger partial charge in [0.25, 0.3) is 17.2 Å². The molecule has 1 unspecified atom stereocenters. The predicted molar refractivity (Wildman–Crippen MR) is 125 cm³/mol.